The van der Waals surface area contributed by atoms with Crippen LogP contribution in [0.15, 0.2) is 0 Å². The van der Waals surface area contributed by atoms with E-state index in [9.17, 15) is 18.0 Å². The van der Waals surface area contributed by atoms with Crippen LogP contribution in [0.25, 0.3) is 0 Å². The van der Waals surface area contributed by atoms with E-state index < -0.39 is 27.8 Å². The molecule has 3 amide bonds. The highest BCUT2D eigenvalue weighted by molar-refractivity contribution is 7.91. The highest BCUT2D eigenvalue weighted by Gasteiger charge is 2.14. The number of nitrogens with one attached hydrogen (secondary N) is 2. The normalized spacial score (nSPS) is 13.1. The molecule has 1 atom stereocenters. The van der Waals surface area contributed by atoms with Gasteiger partial charge in [0.05, 0.1) is 11.8 Å². The highest BCUT2D eigenvalue weighted by atomic mass is 32.2. The molecular formula is C8H17N3O4S. The van der Waals surface area contributed by atoms with E-state index in [-0.39, 0.29) is 18.1 Å². The van der Waals surface area contributed by atoms with Gasteiger partial charge in [-0.3, -0.25) is 10.1 Å². The fourth-order valence-corrected chi connectivity index (χ4v) is 1.62. The first-order valence-electron chi connectivity index (χ1n) is 4.82. The summed E-state index contributed by atoms with van der Waals surface area (Å²) in [7, 11) is -3.05. The van der Waals surface area contributed by atoms with Gasteiger partial charge in [0.15, 0.2) is 9.84 Å². The largest absolute Gasteiger partial charge is 0.351 e. The van der Waals surface area contributed by atoms with Gasteiger partial charge in [0.25, 0.3) is 0 Å². The number of hydrogen-bond acceptors (Lipinski definition) is 5. The van der Waals surface area contributed by atoms with Crippen molar-refractivity contribution < 1.29 is 18.0 Å². The van der Waals surface area contributed by atoms with E-state index in [1.807, 2.05) is 5.32 Å². The van der Waals surface area contributed by atoms with Crippen molar-refractivity contribution in [2.24, 2.45) is 5.73 Å². The van der Waals surface area contributed by atoms with Gasteiger partial charge < -0.3 is 11.1 Å². The second kappa shape index (κ2) is 6.44. The molecule has 7 nitrogen and oxygen atoms in total. The maximum atomic E-state index is 11.2. The summed E-state index contributed by atoms with van der Waals surface area (Å²) in [5.41, 5.74) is 4.76. The predicted molar refractivity (Wildman–Crippen MR) is 59.5 cm³/mol. The fraction of sp³-hybridized carbons (Fsp3) is 0.750. The van der Waals surface area contributed by atoms with Crippen molar-refractivity contribution in [2.45, 2.75) is 19.9 Å². The Morgan fingerprint density at radius 1 is 1.38 bits per heavy atom. The van der Waals surface area contributed by atoms with Crippen LogP contribution in [0.2, 0.25) is 0 Å². The topological polar surface area (TPSA) is 118 Å². The molecule has 0 saturated heterocycles. The number of carbonyl (C=O) groups excluding carboxylic acids is 2. The molecule has 0 spiro atoms. The number of carbonyl (C=O) groups is 2. The lowest BCUT2D eigenvalue weighted by molar-refractivity contribution is -0.121. The summed E-state index contributed by atoms with van der Waals surface area (Å²) in [6.45, 7) is 3.22. The lowest BCUT2D eigenvalue weighted by Crippen LogP contribution is -2.47. The van der Waals surface area contributed by atoms with Gasteiger partial charge in [-0.05, 0) is 6.92 Å². The first kappa shape index (κ1) is 14.8. The predicted octanol–water partition coefficient (Wildman–Crippen LogP) is -1.41. The number of hydrogen-bond donors (Lipinski definition) is 3. The van der Waals surface area contributed by atoms with Gasteiger partial charge in [-0.15, -0.1) is 0 Å². The molecule has 0 aliphatic carbocycles. The molecule has 0 fully saturated rings. The van der Waals surface area contributed by atoms with Crippen molar-refractivity contribution in [2.75, 3.05) is 18.1 Å². The molecule has 94 valence electrons. The van der Waals surface area contributed by atoms with Crippen LogP contribution in [0.1, 0.15) is 13.8 Å². The molecule has 0 heterocycles. The van der Waals surface area contributed by atoms with Crippen LogP contribution < -0.4 is 16.4 Å². The molecular weight excluding hydrogens is 234 g/mol. The SMILES string of the molecule is CCS(=O)(=O)CCNC(C)C(=O)NC(N)=O. The van der Waals surface area contributed by atoms with Crippen molar-refractivity contribution in [1.82, 2.24) is 10.6 Å². The minimum Gasteiger partial charge on any atom is -0.351 e. The van der Waals surface area contributed by atoms with E-state index in [0.717, 1.165) is 0 Å². The molecule has 0 aliphatic heterocycles. The van der Waals surface area contributed by atoms with Crippen molar-refractivity contribution in [1.29, 1.82) is 0 Å². The number of rotatable bonds is 6. The first-order valence-corrected chi connectivity index (χ1v) is 6.64. The second-order valence-corrected chi connectivity index (χ2v) is 5.74. The number of imide groups is 1. The maximum absolute atomic E-state index is 11.2. The third kappa shape index (κ3) is 6.36. The van der Waals surface area contributed by atoms with Gasteiger partial charge in [0.1, 0.15) is 0 Å². The van der Waals surface area contributed by atoms with Crippen molar-refractivity contribution in [3.05, 3.63) is 0 Å². The fourth-order valence-electron chi connectivity index (χ4n) is 0.898. The molecule has 0 aromatic rings. The lowest BCUT2D eigenvalue weighted by Gasteiger charge is -2.12. The average molecular weight is 251 g/mol. The summed E-state index contributed by atoms with van der Waals surface area (Å²) in [4.78, 5) is 21.5. The van der Waals surface area contributed by atoms with Gasteiger partial charge in [-0.25, -0.2) is 13.2 Å². The van der Waals surface area contributed by atoms with Crippen molar-refractivity contribution >= 4 is 21.8 Å². The molecule has 0 bridgehead atoms. The molecule has 0 aliphatic rings. The summed E-state index contributed by atoms with van der Waals surface area (Å²) in [6, 6.07) is -1.60. The minimum atomic E-state index is -3.05. The Balaban J connectivity index is 3.95. The van der Waals surface area contributed by atoms with Crippen LogP contribution in [-0.2, 0) is 14.6 Å². The third-order valence-electron chi connectivity index (χ3n) is 1.94. The van der Waals surface area contributed by atoms with Gasteiger partial charge in [-0.2, -0.15) is 0 Å². The van der Waals surface area contributed by atoms with Crippen molar-refractivity contribution in [3.63, 3.8) is 0 Å². The van der Waals surface area contributed by atoms with E-state index in [2.05, 4.69) is 5.32 Å². The molecule has 16 heavy (non-hydrogen) atoms. The number of nitrogens with two attached hydrogens (primary N) is 1. The zero-order valence-electron chi connectivity index (χ0n) is 9.32. The number of amides is 3. The van der Waals surface area contributed by atoms with Gasteiger partial charge in [0, 0.05) is 12.3 Å². The Hall–Kier alpha value is -1.15. The Kier molecular flexibility index (Phi) is 5.97. The van der Waals surface area contributed by atoms with E-state index >= 15 is 0 Å². The highest BCUT2D eigenvalue weighted by Crippen LogP contribution is 1.88. The minimum absolute atomic E-state index is 0.0440. The molecule has 0 radical (unpaired) electrons. The maximum Gasteiger partial charge on any atom is 0.318 e. The van der Waals surface area contributed by atoms with E-state index in [0.29, 0.717) is 0 Å². The zero-order valence-corrected chi connectivity index (χ0v) is 10.1. The van der Waals surface area contributed by atoms with Gasteiger partial charge >= 0.3 is 6.03 Å². The van der Waals surface area contributed by atoms with Crippen LogP contribution >= 0.6 is 0 Å². The third-order valence-corrected chi connectivity index (χ3v) is 3.65. The van der Waals surface area contributed by atoms with E-state index in [1.54, 1.807) is 6.92 Å². The zero-order chi connectivity index (χ0) is 12.8. The Morgan fingerprint density at radius 2 is 1.94 bits per heavy atom. The Bertz CT molecular complexity index is 352. The monoisotopic (exact) mass is 251 g/mol. The molecule has 1 unspecified atom stereocenters. The number of primary amides is 1. The van der Waals surface area contributed by atoms with Crippen LogP contribution in [0, 0.1) is 0 Å². The smallest absolute Gasteiger partial charge is 0.318 e. The number of sulfone groups is 1. The Morgan fingerprint density at radius 3 is 2.38 bits per heavy atom. The molecule has 0 saturated carbocycles. The summed E-state index contributed by atoms with van der Waals surface area (Å²) in [6.07, 6.45) is 0. The average Bonchev–Trinajstić information content (AvgIpc) is 2.16. The van der Waals surface area contributed by atoms with Crippen LogP contribution in [0.5, 0.6) is 0 Å². The molecule has 4 N–H and O–H groups in total. The summed E-state index contributed by atoms with van der Waals surface area (Å²) < 4.78 is 22.2. The standard InChI is InChI=1S/C8H17N3O4S/c1-3-16(14,15)5-4-10-6(2)7(12)11-8(9)13/h6,10H,3-5H2,1-2H3,(H3,9,11,12,13). The second-order valence-electron chi connectivity index (χ2n) is 3.27. The van der Waals surface area contributed by atoms with Crippen LogP contribution in [-0.4, -0.2) is 44.4 Å². The first-order chi connectivity index (χ1) is 7.28. The molecule has 0 aromatic carbocycles. The van der Waals surface area contributed by atoms with Gasteiger partial charge in [-0.1, -0.05) is 6.92 Å². The summed E-state index contributed by atoms with van der Waals surface area (Å²) in [5, 5.41) is 4.57. The quantitative estimate of drug-likeness (QED) is 0.536. The molecule has 8 heteroatoms. The van der Waals surface area contributed by atoms with Crippen LogP contribution in [0.4, 0.5) is 4.79 Å². The lowest BCUT2D eigenvalue weighted by atomic mass is 10.3. The summed E-state index contributed by atoms with van der Waals surface area (Å²) in [5.74, 6) is -0.560. The van der Waals surface area contributed by atoms with Crippen molar-refractivity contribution in [3.8, 4) is 0 Å². The Labute approximate surface area is 94.7 Å². The van der Waals surface area contributed by atoms with Gasteiger partial charge in [0.2, 0.25) is 5.91 Å². The number of urea groups is 1. The molecule has 0 rings (SSSR count). The summed E-state index contributed by atoms with van der Waals surface area (Å²) >= 11 is 0. The van der Waals surface area contributed by atoms with E-state index in [1.165, 1.54) is 6.92 Å². The molecule has 0 aromatic heterocycles. The van der Waals surface area contributed by atoms with E-state index in [4.69, 9.17) is 5.73 Å². The van der Waals surface area contributed by atoms with Crippen LogP contribution in [0.3, 0.4) is 0 Å².